The van der Waals surface area contributed by atoms with Crippen molar-refractivity contribution in [3.63, 3.8) is 0 Å². The number of hydrogen-bond donors (Lipinski definition) is 1. The zero-order valence-electron chi connectivity index (χ0n) is 12.4. The Hall–Kier alpha value is -0.860. The molecular formula is C17H27NO. The monoisotopic (exact) mass is 261 g/mol. The first-order valence-corrected chi connectivity index (χ1v) is 7.53. The third kappa shape index (κ3) is 3.58. The number of aliphatic hydroxyl groups excluding tert-OH is 1. The lowest BCUT2D eigenvalue weighted by atomic mass is 9.76. The van der Waals surface area contributed by atoms with Crippen molar-refractivity contribution in [2.75, 3.05) is 26.7 Å². The van der Waals surface area contributed by atoms with Crippen LogP contribution in [0.1, 0.15) is 43.2 Å². The molecular weight excluding hydrogens is 234 g/mol. The highest BCUT2D eigenvalue weighted by Gasteiger charge is 2.35. The molecule has 1 aromatic carbocycles. The lowest BCUT2D eigenvalue weighted by Gasteiger charge is -2.32. The van der Waals surface area contributed by atoms with E-state index in [1.165, 1.54) is 43.2 Å². The van der Waals surface area contributed by atoms with Crippen molar-refractivity contribution in [3.8, 4) is 0 Å². The lowest BCUT2D eigenvalue weighted by Crippen LogP contribution is -2.31. The van der Waals surface area contributed by atoms with E-state index in [1.54, 1.807) is 0 Å². The molecule has 1 aliphatic carbocycles. The molecule has 0 bridgehead atoms. The molecule has 1 N–H and O–H groups in total. The second kappa shape index (κ2) is 6.53. The molecule has 2 heteroatoms. The quantitative estimate of drug-likeness (QED) is 0.850. The number of hydrogen-bond acceptors (Lipinski definition) is 2. The van der Waals surface area contributed by atoms with Gasteiger partial charge in [0.15, 0.2) is 0 Å². The van der Waals surface area contributed by atoms with Crippen LogP contribution in [0.4, 0.5) is 0 Å². The van der Waals surface area contributed by atoms with E-state index >= 15 is 0 Å². The summed E-state index contributed by atoms with van der Waals surface area (Å²) in [6.07, 6.45) is 6.58. The number of nitrogens with zero attached hydrogens (tertiary/aromatic N) is 1. The molecule has 1 saturated carbocycles. The molecule has 0 amide bonds. The fourth-order valence-electron chi connectivity index (χ4n) is 3.33. The number of aryl methyl sites for hydroxylation is 1. The minimum Gasteiger partial charge on any atom is -0.395 e. The first kappa shape index (κ1) is 14.5. The van der Waals surface area contributed by atoms with E-state index in [2.05, 4.69) is 43.1 Å². The molecule has 1 aliphatic rings. The van der Waals surface area contributed by atoms with Crippen LogP contribution in [0, 0.1) is 6.92 Å². The van der Waals surface area contributed by atoms with Crippen molar-refractivity contribution in [1.82, 2.24) is 4.90 Å². The maximum atomic E-state index is 9.00. The van der Waals surface area contributed by atoms with E-state index in [9.17, 15) is 0 Å². The van der Waals surface area contributed by atoms with Crippen molar-refractivity contribution < 1.29 is 5.11 Å². The van der Waals surface area contributed by atoms with Crippen molar-refractivity contribution >= 4 is 0 Å². The molecule has 1 fully saturated rings. The van der Waals surface area contributed by atoms with Crippen LogP contribution in [-0.2, 0) is 5.41 Å². The van der Waals surface area contributed by atoms with Gasteiger partial charge in [-0.15, -0.1) is 0 Å². The molecule has 0 atom stereocenters. The summed E-state index contributed by atoms with van der Waals surface area (Å²) in [4.78, 5) is 2.24. The SMILES string of the molecule is Cc1ccc(C2(CCN(C)CCO)CCCC2)cc1. The van der Waals surface area contributed by atoms with E-state index < -0.39 is 0 Å². The Morgan fingerprint density at radius 3 is 2.32 bits per heavy atom. The lowest BCUT2D eigenvalue weighted by molar-refractivity contribution is 0.207. The van der Waals surface area contributed by atoms with Crippen LogP contribution >= 0.6 is 0 Å². The molecule has 106 valence electrons. The molecule has 19 heavy (non-hydrogen) atoms. The number of benzene rings is 1. The third-order valence-corrected chi connectivity index (χ3v) is 4.68. The Balaban J connectivity index is 2.07. The fraction of sp³-hybridized carbons (Fsp3) is 0.647. The standard InChI is InChI=1S/C17H27NO/c1-15-5-7-16(8-6-15)17(9-3-4-10-17)11-12-18(2)13-14-19/h5-8,19H,3-4,9-14H2,1-2H3. The minimum atomic E-state index is 0.258. The average Bonchev–Trinajstić information content (AvgIpc) is 2.88. The topological polar surface area (TPSA) is 23.5 Å². The van der Waals surface area contributed by atoms with Gasteiger partial charge >= 0.3 is 0 Å². The van der Waals surface area contributed by atoms with Gasteiger partial charge in [0, 0.05) is 6.54 Å². The summed E-state index contributed by atoms with van der Waals surface area (Å²) < 4.78 is 0. The van der Waals surface area contributed by atoms with Gasteiger partial charge in [0.05, 0.1) is 6.61 Å². The summed E-state index contributed by atoms with van der Waals surface area (Å²) >= 11 is 0. The van der Waals surface area contributed by atoms with Gasteiger partial charge in [-0.05, 0) is 50.8 Å². The van der Waals surface area contributed by atoms with E-state index in [0.717, 1.165) is 13.1 Å². The molecule has 0 heterocycles. The van der Waals surface area contributed by atoms with Gasteiger partial charge in [-0.25, -0.2) is 0 Å². The largest absolute Gasteiger partial charge is 0.395 e. The van der Waals surface area contributed by atoms with Gasteiger partial charge in [-0.3, -0.25) is 0 Å². The molecule has 0 spiro atoms. The maximum Gasteiger partial charge on any atom is 0.0558 e. The van der Waals surface area contributed by atoms with E-state index in [4.69, 9.17) is 5.11 Å². The van der Waals surface area contributed by atoms with Crippen molar-refractivity contribution in [2.24, 2.45) is 0 Å². The summed E-state index contributed by atoms with van der Waals surface area (Å²) in [6.45, 7) is 4.27. The molecule has 2 nitrogen and oxygen atoms in total. The van der Waals surface area contributed by atoms with Crippen LogP contribution in [0.25, 0.3) is 0 Å². The summed E-state index contributed by atoms with van der Waals surface area (Å²) in [6, 6.07) is 9.14. The van der Waals surface area contributed by atoms with E-state index in [0.29, 0.717) is 5.41 Å². The molecule has 0 aromatic heterocycles. The normalized spacial score (nSPS) is 18.1. The van der Waals surface area contributed by atoms with E-state index in [-0.39, 0.29) is 6.61 Å². The van der Waals surface area contributed by atoms with Crippen LogP contribution in [0.5, 0.6) is 0 Å². The van der Waals surface area contributed by atoms with E-state index in [1.807, 2.05) is 0 Å². The fourth-order valence-corrected chi connectivity index (χ4v) is 3.33. The van der Waals surface area contributed by atoms with Crippen molar-refractivity contribution in [3.05, 3.63) is 35.4 Å². The van der Waals surface area contributed by atoms with Crippen LogP contribution in [0.15, 0.2) is 24.3 Å². The maximum absolute atomic E-state index is 9.00. The zero-order valence-corrected chi connectivity index (χ0v) is 12.4. The molecule has 0 unspecified atom stereocenters. The number of aliphatic hydroxyl groups is 1. The Morgan fingerprint density at radius 1 is 1.11 bits per heavy atom. The predicted octanol–water partition coefficient (Wildman–Crippen LogP) is 3.12. The second-order valence-corrected chi connectivity index (χ2v) is 6.13. The molecule has 0 saturated heterocycles. The van der Waals surface area contributed by atoms with Gasteiger partial charge in [0.1, 0.15) is 0 Å². The Bertz CT molecular complexity index is 379. The average molecular weight is 261 g/mol. The highest BCUT2D eigenvalue weighted by atomic mass is 16.3. The van der Waals surface area contributed by atoms with Crippen molar-refractivity contribution in [1.29, 1.82) is 0 Å². The summed E-state index contributed by atoms with van der Waals surface area (Å²) in [5.74, 6) is 0. The first-order chi connectivity index (χ1) is 9.16. The van der Waals surface area contributed by atoms with Crippen LogP contribution in [-0.4, -0.2) is 36.8 Å². The Morgan fingerprint density at radius 2 is 1.74 bits per heavy atom. The Labute approximate surface area is 117 Å². The summed E-state index contributed by atoms with van der Waals surface area (Å²) in [5.41, 5.74) is 3.25. The van der Waals surface area contributed by atoms with Gasteiger partial charge in [-0.2, -0.15) is 0 Å². The Kier molecular flexibility index (Phi) is 5.00. The smallest absolute Gasteiger partial charge is 0.0558 e. The van der Waals surface area contributed by atoms with Crippen LogP contribution in [0.3, 0.4) is 0 Å². The van der Waals surface area contributed by atoms with Gasteiger partial charge in [-0.1, -0.05) is 42.7 Å². The highest BCUT2D eigenvalue weighted by Crippen LogP contribution is 2.43. The third-order valence-electron chi connectivity index (χ3n) is 4.68. The summed E-state index contributed by atoms with van der Waals surface area (Å²) in [5, 5.41) is 9.00. The zero-order chi connectivity index (χ0) is 13.7. The number of likely N-dealkylation sites (N-methyl/N-ethyl adjacent to an activating group) is 1. The van der Waals surface area contributed by atoms with Crippen LogP contribution in [0.2, 0.25) is 0 Å². The van der Waals surface area contributed by atoms with Gasteiger partial charge in [0.25, 0.3) is 0 Å². The molecule has 2 rings (SSSR count). The molecule has 0 aliphatic heterocycles. The van der Waals surface area contributed by atoms with Crippen molar-refractivity contribution in [2.45, 2.75) is 44.4 Å². The first-order valence-electron chi connectivity index (χ1n) is 7.53. The molecule has 1 aromatic rings. The highest BCUT2D eigenvalue weighted by molar-refractivity contribution is 5.29. The number of rotatable bonds is 6. The minimum absolute atomic E-state index is 0.258. The second-order valence-electron chi connectivity index (χ2n) is 6.13. The summed E-state index contributed by atoms with van der Waals surface area (Å²) in [7, 11) is 2.11. The van der Waals surface area contributed by atoms with Gasteiger partial charge in [0.2, 0.25) is 0 Å². The predicted molar refractivity (Wildman–Crippen MR) is 80.5 cm³/mol. The van der Waals surface area contributed by atoms with Gasteiger partial charge < -0.3 is 10.0 Å². The van der Waals surface area contributed by atoms with Crippen LogP contribution < -0.4 is 0 Å². The molecule has 0 radical (unpaired) electrons.